The molecule has 0 atom stereocenters. The van der Waals surface area contributed by atoms with Gasteiger partial charge in [-0.2, -0.15) is 10.1 Å². The van der Waals surface area contributed by atoms with Crippen LogP contribution >= 0.6 is 11.3 Å². The van der Waals surface area contributed by atoms with Crippen LogP contribution in [-0.2, 0) is 6.54 Å². The van der Waals surface area contributed by atoms with Gasteiger partial charge in [0.25, 0.3) is 11.6 Å². The summed E-state index contributed by atoms with van der Waals surface area (Å²) < 4.78 is 3.97. The number of thiazole rings is 1. The van der Waals surface area contributed by atoms with Crippen LogP contribution in [0.1, 0.15) is 36.1 Å². The van der Waals surface area contributed by atoms with E-state index >= 15 is 0 Å². The van der Waals surface area contributed by atoms with Crippen molar-refractivity contribution in [2.75, 3.05) is 0 Å². The van der Waals surface area contributed by atoms with Crippen LogP contribution in [0.25, 0.3) is 10.2 Å². The zero-order valence-corrected chi connectivity index (χ0v) is 15.9. The van der Waals surface area contributed by atoms with Crippen molar-refractivity contribution < 1.29 is 9.72 Å². The minimum absolute atomic E-state index is 0.00994. The fourth-order valence-corrected chi connectivity index (χ4v) is 3.78. The summed E-state index contributed by atoms with van der Waals surface area (Å²) in [5.74, 6) is 2.10. The molecule has 1 aromatic carbocycles. The molecule has 0 saturated heterocycles. The molecule has 0 bridgehead atoms. The standard InChI is InChI=1S/C18H17N5O3S/c1-5-8-21-14-7-6-13(23(25)26)10-16(14)27-18(21)19-17(24)15-9-12(4)20-22(15)11(2)3/h1,6-7,9-11H,8H2,2-4H3. The molecule has 8 nitrogen and oxygen atoms in total. The topological polar surface area (TPSA) is 95.3 Å². The molecule has 138 valence electrons. The van der Waals surface area contributed by atoms with E-state index in [-0.39, 0.29) is 18.3 Å². The molecule has 2 aromatic heterocycles. The molecular formula is C18H17N5O3S. The highest BCUT2D eigenvalue weighted by Crippen LogP contribution is 2.23. The number of benzene rings is 1. The molecule has 0 aliphatic carbocycles. The van der Waals surface area contributed by atoms with Crippen LogP contribution in [0.5, 0.6) is 0 Å². The van der Waals surface area contributed by atoms with Crippen LogP contribution in [0.15, 0.2) is 29.3 Å². The molecule has 9 heteroatoms. The third-order valence-corrected chi connectivity index (χ3v) is 4.93. The minimum Gasteiger partial charge on any atom is -0.305 e. The average Bonchev–Trinajstić information content (AvgIpc) is 3.16. The maximum absolute atomic E-state index is 12.8. The molecule has 0 spiro atoms. The summed E-state index contributed by atoms with van der Waals surface area (Å²) in [5.41, 5.74) is 1.79. The predicted molar refractivity (Wildman–Crippen MR) is 103 cm³/mol. The Bertz CT molecular complexity index is 1160. The minimum atomic E-state index is -0.462. The van der Waals surface area contributed by atoms with E-state index in [2.05, 4.69) is 16.0 Å². The van der Waals surface area contributed by atoms with Crippen molar-refractivity contribution in [3.8, 4) is 12.3 Å². The lowest BCUT2D eigenvalue weighted by atomic mass is 10.3. The Labute approximate surface area is 158 Å². The maximum Gasteiger partial charge on any atom is 0.297 e. The van der Waals surface area contributed by atoms with Gasteiger partial charge in [-0.15, -0.1) is 6.42 Å². The summed E-state index contributed by atoms with van der Waals surface area (Å²) in [6.07, 6.45) is 5.45. The molecule has 3 rings (SSSR count). The molecule has 0 aliphatic heterocycles. The Morgan fingerprint density at radius 2 is 2.19 bits per heavy atom. The third-order valence-electron chi connectivity index (χ3n) is 3.89. The second-order valence-electron chi connectivity index (χ2n) is 6.21. The van der Waals surface area contributed by atoms with E-state index in [1.54, 1.807) is 21.4 Å². The van der Waals surface area contributed by atoms with Crippen molar-refractivity contribution in [3.05, 3.63) is 50.6 Å². The Balaban J connectivity index is 2.18. The highest BCUT2D eigenvalue weighted by Gasteiger charge is 2.17. The summed E-state index contributed by atoms with van der Waals surface area (Å²) >= 11 is 1.19. The number of carbonyl (C=O) groups excluding carboxylic acids is 1. The molecule has 0 saturated carbocycles. The first kappa shape index (κ1) is 18.5. The molecule has 3 aromatic rings. The first-order valence-electron chi connectivity index (χ1n) is 8.18. The summed E-state index contributed by atoms with van der Waals surface area (Å²) in [6.45, 7) is 5.87. The Kier molecular flexibility index (Phi) is 4.92. The van der Waals surface area contributed by atoms with E-state index in [1.807, 2.05) is 20.8 Å². The molecule has 27 heavy (non-hydrogen) atoms. The van der Waals surface area contributed by atoms with Gasteiger partial charge < -0.3 is 4.57 Å². The van der Waals surface area contributed by atoms with E-state index in [0.717, 1.165) is 5.69 Å². The number of aryl methyl sites for hydroxylation is 1. The quantitative estimate of drug-likeness (QED) is 0.393. The van der Waals surface area contributed by atoms with Crippen LogP contribution in [0.4, 0.5) is 5.69 Å². The molecule has 1 amide bonds. The molecule has 0 N–H and O–H groups in total. The van der Waals surface area contributed by atoms with Crippen molar-refractivity contribution in [3.63, 3.8) is 0 Å². The van der Waals surface area contributed by atoms with Crippen molar-refractivity contribution in [1.29, 1.82) is 0 Å². The van der Waals surface area contributed by atoms with Gasteiger partial charge >= 0.3 is 0 Å². The maximum atomic E-state index is 12.8. The number of nitro groups is 1. The van der Waals surface area contributed by atoms with Crippen LogP contribution in [0, 0.1) is 29.4 Å². The summed E-state index contributed by atoms with van der Waals surface area (Å²) in [5, 5.41) is 15.3. The van der Waals surface area contributed by atoms with Gasteiger partial charge in [-0.3, -0.25) is 19.6 Å². The first-order valence-corrected chi connectivity index (χ1v) is 9.00. The van der Waals surface area contributed by atoms with E-state index in [1.165, 1.54) is 23.5 Å². The van der Waals surface area contributed by atoms with Crippen molar-refractivity contribution in [2.45, 2.75) is 33.4 Å². The molecule has 0 unspecified atom stereocenters. The van der Waals surface area contributed by atoms with Crippen LogP contribution in [-0.4, -0.2) is 25.2 Å². The fourth-order valence-electron chi connectivity index (χ4n) is 2.72. The van der Waals surface area contributed by atoms with Crippen LogP contribution in [0.2, 0.25) is 0 Å². The van der Waals surface area contributed by atoms with Crippen molar-refractivity contribution >= 4 is 33.1 Å². The first-order chi connectivity index (χ1) is 12.8. The van der Waals surface area contributed by atoms with Gasteiger partial charge in [0.05, 0.1) is 27.4 Å². The molecular weight excluding hydrogens is 366 g/mol. The second kappa shape index (κ2) is 7.17. The Morgan fingerprint density at radius 1 is 1.44 bits per heavy atom. The van der Waals surface area contributed by atoms with Gasteiger partial charge in [-0.25, -0.2) is 0 Å². The highest BCUT2D eigenvalue weighted by atomic mass is 32.1. The van der Waals surface area contributed by atoms with E-state index < -0.39 is 10.8 Å². The molecule has 0 aliphatic rings. The smallest absolute Gasteiger partial charge is 0.297 e. The lowest BCUT2D eigenvalue weighted by Gasteiger charge is -2.07. The number of fused-ring (bicyclic) bond motifs is 1. The SMILES string of the molecule is C#CCn1c(=NC(=O)c2cc(C)nn2C(C)C)sc2cc([N+](=O)[O-])ccc21. The predicted octanol–water partition coefficient (Wildman–Crippen LogP) is 3.07. The van der Waals surface area contributed by atoms with Crippen molar-refractivity contribution in [2.24, 2.45) is 4.99 Å². The number of hydrogen-bond acceptors (Lipinski definition) is 5. The summed E-state index contributed by atoms with van der Waals surface area (Å²) in [7, 11) is 0. The monoisotopic (exact) mass is 383 g/mol. The average molecular weight is 383 g/mol. The van der Waals surface area contributed by atoms with Crippen molar-refractivity contribution in [1.82, 2.24) is 14.3 Å². The third kappa shape index (κ3) is 3.52. The zero-order chi connectivity index (χ0) is 19.7. The lowest BCUT2D eigenvalue weighted by molar-refractivity contribution is -0.384. The number of amides is 1. The summed E-state index contributed by atoms with van der Waals surface area (Å²) in [6, 6.07) is 6.18. The number of terminal acetylenes is 1. The Hall–Kier alpha value is -3.25. The second-order valence-corrected chi connectivity index (χ2v) is 7.22. The normalized spacial score (nSPS) is 11.9. The largest absolute Gasteiger partial charge is 0.305 e. The molecule has 0 fully saturated rings. The number of non-ortho nitro benzene ring substituents is 1. The number of nitrogens with zero attached hydrogens (tertiary/aromatic N) is 5. The molecule has 0 radical (unpaired) electrons. The molecule has 2 heterocycles. The van der Waals surface area contributed by atoms with Gasteiger partial charge in [0, 0.05) is 18.2 Å². The number of rotatable bonds is 4. The fraction of sp³-hybridized carbons (Fsp3) is 0.278. The number of nitro benzene ring substituents is 1. The Morgan fingerprint density at radius 3 is 2.81 bits per heavy atom. The highest BCUT2D eigenvalue weighted by molar-refractivity contribution is 7.16. The number of carbonyl (C=O) groups is 1. The van der Waals surface area contributed by atoms with E-state index in [4.69, 9.17) is 6.42 Å². The lowest BCUT2D eigenvalue weighted by Crippen LogP contribution is -2.18. The van der Waals surface area contributed by atoms with Gasteiger partial charge in [-0.05, 0) is 32.9 Å². The summed E-state index contributed by atoms with van der Waals surface area (Å²) in [4.78, 5) is 27.9. The zero-order valence-electron chi connectivity index (χ0n) is 15.0. The number of aromatic nitrogens is 3. The number of hydrogen-bond donors (Lipinski definition) is 0. The van der Waals surface area contributed by atoms with E-state index in [9.17, 15) is 14.9 Å². The van der Waals surface area contributed by atoms with E-state index in [0.29, 0.717) is 20.7 Å². The van der Waals surface area contributed by atoms with Gasteiger partial charge in [0.15, 0.2) is 4.80 Å². The van der Waals surface area contributed by atoms with Gasteiger partial charge in [-0.1, -0.05) is 17.3 Å². The van der Waals surface area contributed by atoms with Crippen LogP contribution in [0.3, 0.4) is 0 Å². The van der Waals surface area contributed by atoms with Gasteiger partial charge in [0.2, 0.25) is 0 Å². The van der Waals surface area contributed by atoms with Gasteiger partial charge in [0.1, 0.15) is 5.69 Å². The van der Waals surface area contributed by atoms with Crippen LogP contribution < -0.4 is 4.80 Å².